The van der Waals surface area contributed by atoms with Crippen LogP contribution in [-0.2, 0) is 9.47 Å². The summed E-state index contributed by atoms with van der Waals surface area (Å²) in [7, 11) is 0. The van der Waals surface area contributed by atoms with Crippen LogP contribution in [0.5, 0.6) is 0 Å². The number of nitrogen functional groups attached to an aromatic ring is 1. The number of hydrogen-bond donors (Lipinski definition) is 1. The number of nitrogens with two attached hydrogens (primary N) is 1. The topological polar surface area (TPSA) is 160 Å². The van der Waals surface area contributed by atoms with Gasteiger partial charge in [0.05, 0.1) is 22.5 Å². The van der Waals surface area contributed by atoms with E-state index >= 15 is 0 Å². The van der Waals surface area contributed by atoms with Crippen molar-refractivity contribution in [2.75, 3.05) is 67.9 Å². The lowest BCUT2D eigenvalue weighted by Gasteiger charge is -2.27. The van der Waals surface area contributed by atoms with Gasteiger partial charge in [-0.3, -0.25) is 20.1 Å². The van der Waals surface area contributed by atoms with E-state index in [0.717, 1.165) is 31.6 Å². The van der Waals surface area contributed by atoms with E-state index in [9.17, 15) is 19.7 Å². The maximum atomic E-state index is 12.2. The second-order valence-corrected chi connectivity index (χ2v) is 12.7. The van der Waals surface area contributed by atoms with Gasteiger partial charge >= 0.3 is 17.9 Å². The van der Waals surface area contributed by atoms with Gasteiger partial charge in [0.15, 0.2) is 0 Å². The molecule has 0 unspecified atom stereocenters. The Bertz CT molecular complexity index is 1280. The van der Waals surface area contributed by atoms with Crippen LogP contribution in [0.2, 0.25) is 0 Å². The summed E-state index contributed by atoms with van der Waals surface area (Å²) in [4.78, 5) is 50.3. The lowest BCUT2D eigenvalue weighted by atomic mass is 10.2. The molecule has 0 radical (unpaired) electrons. The Kier molecular flexibility index (Phi) is 11.5. The first-order valence-electron chi connectivity index (χ1n) is 14.9. The van der Waals surface area contributed by atoms with Crippen LogP contribution in [0.3, 0.4) is 0 Å². The standard InChI is InChI=1S/C15H22N4O4.C15H24N4O2/c1-15(2,3)23-14(20)18-8-4-7-17(9-10-18)12-5-6-16-11-13(12)19(21)22;1-15(2,3)21-14(20)19-8-4-7-18(9-10-19)13-5-6-17-11-12(13)16/h5-6,11H,4,7-10H2,1-3H3;5-6,11H,4,7-10,16H2,1-3H3. The summed E-state index contributed by atoms with van der Waals surface area (Å²) in [6.07, 6.45) is 7.22. The van der Waals surface area contributed by atoms with E-state index < -0.39 is 16.1 Å². The second kappa shape index (κ2) is 14.9. The molecule has 2 aliphatic heterocycles. The number of nitro groups is 1. The van der Waals surface area contributed by atoms with Crippen molar-refractivity contribution in [1.29, 1.82) is 0 Å². The SMILES string of the molecule is CC(C)(C)OC(=O)N1CCCN(c2ccncc2N)CC1.CC(C)(C)OC(=O)N1CCCN(c2ccncc2[N+](=O)[O-])CC1. The van der Waals surface area contributed by atoms with Crippen LogP contribution in [0.15, 0.2) is 36.9 Å². The summed E-state index contributed by atoms with van der Waals surface area (Å²) in [6, 6.07) is 3.56. The van der Waals surface area contributed by atoms with Crippen molar-refractivity contribution in [3.05, 3.63) is 47.0 Å². The van der Waals surface area contributed by atoms with Crippen molar-refractivity contribution in [3.8, 4) is 0 Å². The maximum Gasteiger partial charge on any atom is 0.410 e. The van der Waals surface area contributed by atoms with E-state index in [2.05, 4.69) is 14.9 Å². The first-order chi connectivity index (χ1) is 20.6. The number of hydrogen-bond acceptors (Lipinski definition) is 11. The molecule has 2 aromatic rings. The average molecular weight is 615 g/mol. The largest absolute Gasteiger partial charge is 0.444 e. The number of amides is 2. The monoisotopic (exact) mass is 614 g/mol. The molecule has 0 atom stereocenters. The van der Waals surface area contributed by atoms with E-state index in [0.29, 0.717) is 50.6 Å². The molecule has 0 bridgehead atoms. The van der Waals surface area contributed by atoms with E-state index in [1.807, 2.05) is 52.5 Å². The fourth-order valence-electron chi connectivity index (χ4n) is 4.81. The third kappa shape index (κ3) is 10.4. The predicted octanol–water partition coefficient (Wildman–Crippen LogP) is 4.55. The zero-order chi connectivity index (χ0) is 32.5. The molecule has 2 N–H and O–H groups in total. The molecule has 0 spiro atoms. The molecule has 2 fully saturated rings. The fourth-order valence-corrected chi connectivity index (χ4v) is 4.81. The van der Waals surface area contributed by atoms with Gasteiger partial charge in [-0.25, -0.2) is 9.59 Å². The Balaban J connectivity index is 0.000000241. The Morgan fingerprint density at radius 2 is 1.20 bits per heavy atom. The van der Waals surface area contributed by atoms with Crippen molar-refractivity contribution in [3.63, 3.8) is 0 Å². The molecule has 0 aliphatic carbocycles. The minimum atomic E-state index is -0.535. The molecule has 4 rings (SSSR count). The van der Waals surface area contributed by atoms with E-state index in [1.165, 1.54) is 6.20 Å². The third-order valence-electron chi connectivity index (χ3n) is 6.78. The molecule has 2 saturated heterocycles. The van der Waals surface area contributed by atoms with Crippen LogP contribution in [0.4, 0.5) is 32.3 Å². The molecule has 242 valence electrons. The first kappa shape index (κ1) is 34.1. The molecule has 2 aromatic heterocycles. The van der Waals surface area contributed by atoms with Gasteiger partial charge < -0.3 is 34.8 Å². The van der Waals surface area contributed by atoms with Gasteiger partial charge in [0.25, 0.3) is 0 Å². The maximum absolute atomic E-state index is 12.2. The molecule has 0 aromatic carbocycles. The molecule has 14 nitrogen and oxygen atoms in total. The minimum absolute atomic E-state index is 0.0155. The molecular weight excluding hydrogens is 568 g/mol. The number of rotatable bonds is 3. The molecule has 14 heteroatoms. The van der Waals surface area contributed by atoms with Crippen molar-refractivity contribution >= 4 is 34.9 Å². The number of carbonyl (C=O) groups excluding carboxylic acids is 2. The Morgan fingerprint density at radius 3 is 1.66 bits per heavy atom. The number of pyridine rings is 2. The Labute approximate surface area is 259 Å². The summed E-state index contributed by atoms with van der Waals surface area (Å²) in [5.74, 6) is 0. The van der Waals surface area contributed by atoms with E-state index in [4.69, 9.17) is 15.2 Å². The Hall–Kier alpha value is -4.36. The van der Waals surface area contributed by atoms with Crippen LogP contribution in [-0.4, -0.2) is 100 Å². The molecule has 44 heavy (non-hydrogen) atoms. The quantitative estimate of drug-likeness (QED) is 0.381. The summed E-state index contributed by atoms with van der Waals surface area (Å²) < 4.78 is 10.8. The van der Waals surface area contributed by atoms with Crippen LogP contribution >= 0.6 is 0 Å². The van der Waals surface area contributed by atoms with E-state index in [1.54, 1.807) is 34.5 Å². The highest BCUT2D eigenvalue weighted by molar-refractivity contribution is 5.70. The smallest absolute Gasteiger partial charge is 0.410 e. The normalized spacial score (nSPS) is 16.2. The molecular formula is C30H46N8O6. The molecule has 2 aliphatic rings. The number of anilines is 3. The zero-order valence-corrected chi connectivity index (χ0v) is 26.7. The van der Waals surface area contributed by atoms with Gasteiger partial charge in [0, 0.05) is 64.8 Å². The summed E-state index contributed by atoms with van der Waals surface area (Å²) in [6.45, 7) is 16.3. The van der Waals surface area contributed by atoms with Crippen LogP contribution in [0, 0.1) is 10.1 Å². The first-order valence-corrected chi connectivity index (χ1v) is 14.9. The lowest BCUT2D eigenvalue weighted by molar-refractivity contribution is -0.384. The van der Waals surface area contributed by atoms with Gasteiger partial charge in [-0.15, -0.1) is 0 Å². The second-order valence-electron chi connectivity index (χ2n) is 12.7. The Morgan fingerprint density at radius 1 is 0.750 bits per heavy atom. The molecule has 4 heterocycles. The predicted molar refractivity (Wildman–Crippen MR) is 169 cm³/mol. The number of carbonyl (C=O) groups is 2. The van der Waals surface area contributed by atoms with Gasteiger partial charge in [0.2, 0.25) is 0 Å². The number of ether oxygens (including phenoxy) is 2. The van der Waals surface area contributed by atoms with Crippen LogP contribution < -0.4 is 15.5 Å². The van der Waals surface area contributed by atoms with Crippen molar-refractivity contribution < 1.29 is 24.0 Å². The highest BCUT2D eigenvalue weighted by Gasteiger charge is 2.27. The minimum Gasteiger partial charge on any atom is -0.444 e. The fraction of sp³-hybridized carbons (Fsp3) is 0.600. The highest BCUT2D eigenvalue weighted by Crippen LogP contribution is 2.28. The van der Waals surface area contributed by atoms with Crippen LogP contribution in [0.25, 0.3) is 0 Å². The van der Waals surface area contributed by atoms with Gasteiger partial charge in [-0.1, -0.05) is 0 Å². The van der Waals surface area contributed by atoms with Crippen molar-refractivity contribution in [1.82, 2.24) is 19.8 Å². The van der Waals surface area contributed by atoms with Crippen molar-refractivity contribution in [2.45, 2.75) is 65.6 Å². The van der Waals surface area contributed by atoms with Crippen molar-refractivity contribution in [2.24, 2.45) is 0 Å². The summed E-state index contributed by atoms with van der Waals surface area (Å²) in [5.41, 5.74) is 7.15. The van der Waals surface area contributed by atoms with Gasteiger partial charge in [-0.2, -0.15) is 0 Å². The summed E-state index contributed by atoms with van der Waals surface area (Å²) >= 11 is 0. The molecule has 2 amide bonds. The zero-order valence-electron chi connectivity index (χ0n) is 26.7. The summed E-state index contributed by atoms with van der Waals surface area (Å²) in [5, 5.41) is 11.1. The van der Waals surface area contributed by atoms with Gasteiger partial charge in [-0.05, 0) is 66.5 Å². The third-order valence-corrected chi connectivity index (χ3v) is 6.78. The number of nitrogens with zero attached hydrogens (tertiary/aromatic N) is 7. The molecule has 0 saturated carbocycles. The van der Waals surface area contributed by atoms with Crippen LogP contribution in [0.1, 0.15) is 54.4 Å². The number of aromatic nitrogens is 2. The lowest BCUT2D eigenvalue weighted by Crippen LogP contribution is -2.39. The van der Waals surface area contributed by atoms with Gasteiger partial charge in [0.1, 0.15) is 23.1 Å². The average Bonchev–Trinajstić information content (AvgIpc) is 3.34. The van der Waals surface area contributed by atoms with E-state index in [-0.39, 0.29) is 17.9 Å². The highest BCUT2D eigenvalue weighted by atomic mass is 16.6.